The van der Waals surface area contributed by atoms with E-state index in [1.165, 1.54) is 5.56 Å². The summed E-state index contributed by atoms with van der Waals surface area (Å²) in [5, 5.41) is 2.12. The maximum Gasteiger partial charge on any atom is 0.503 e. The van der Waals surface area contributed by atoms with Crippen LogP contribution in [-0.2, 0) is 5.41 Å². The molecule has 1 aliphatic rings. The molecule has 6 heteroatoms. The van der Waals surface area contributed by atoms with Gasteiger partial charge in [0.05, 0.1) is 28.8 Å². The summed E-state index contributed by atoms with van der Waals surface area (Å²) in [6.07, 6.45) is 5.53. The highest BCUT2D eigenvalue weighted by Crippen LogP contribution is 2.42. The van der Waals surface area contributed by atoms with Gasteiger partial charge in [-0.25, -0.2) is 4.98 Å². The Labute approximate surface area is 305 Å². The van der Waals surface area contributed by atoms with Crippen molar-refractivity contribution in [1.29, 1.82) is 0 Å². The van der Waals surface area contributed by atoms with Crippen molar-refractivity contribution >= 4 is 50.6 Å². The minimum Gasteiger partial charge on any atom is -0.457 e. The van der Waals surface area contributed by atoms with Gasteiger partial charge < -0.3 is 4.74 Å². The van der Waals surface area contributed by atoms with Crippen LogP contribution < -0.4 is 13.9 Å². The molecule has 4 heterocycles. The van der Waals surface area contributed by atoms with Crippen molar-refractivity contribution in [3.05, 3.63) is 138 Å². The van der Waals surface area contributed by atoms with Crippen molar-refractivity contribution < 1.29 is 10.2 Å². The summed E-state index contributed by atoms with van der Waals surface area (Å²) in [5.41, 5.74) is 7.36. The van der Waals surface area contributed by atoms with Crippen molar-refractivity contribution in [2.45, 2.75) is 65.7 Å². The number of pyridine rings is 2. The average Bonchev–Trinajstić information content (AvgIpc) is 3.72. The molecule has 0 atom stereocenters. The molecule has 0 amide bonds. The fourth-order valence-corrected chi connectivity index (χ4v) is 6.93. The molecule has 0 saturated carbocycles. The maximum atomic E-state index is 9.09. The monoisotopic (exact) mass is 673 g/mol. The van der Waals surface area contributed by atoms with Crippen molar-refractivity contribution in [2.75, 3.05) is 0 Å². The molecule has 0 fully saturated rings. The lowest BCUT2D eigenvalue weighted by Gasteiger charge is -2.20. The summed E-state index contributed by atoms with van der Waals surface area (Å²) in [7, 11) is 0. The molecule has 0 bridgehead atoms. The Hall–Kier alpha value is -5.84. The van der Waals surface area contributed by atoms with Gasteiger partial charge >= 0.3 is 6.01 Å². The number of nitrogens with zero attached hydrogens (tertiary/aromatic N) is 5. The Balaban J connectivity index is 1.28. The molecule has 0 unspecified atom stereocenters. The number of aromatic nitrogens is 3. The van der Waals surface area contributed by atoms with Crippen LogP contribution in [0, 0.1) is 0 Å². The second-order valence-electron chi connectivity index (χ2n) is 14.7. The van der Waals surface area contributed by atoms with Crippen LogP contribution in [0.25, 0.3) is 27.6 Å². The summed E-state index contributed by atoms with van der Waals surface area (Å²) in [6, 6.07) is 28.6. The smallest absolute Gasteiger partial charge is 0.457 e. The Morgan fingerprint density at radius 3 is 2.16 bits per heavy atom. The zero-order valence-corrected chi connectivity index (χ0v) is 30.0. The van der Waals surface area contributed by atoms with Gasteiger partial charge in [-0.1, -0.05) is 84.8 Å². The third kappa shape index (κ3) is 5.72. The zero-order valence-electron chi connectivity index (χ0n) is 34.0. The SMILES string of the molecule is [2H]c1c([2H])c([2H])c2c(c1[2H])[N+](c1cccc(Oc3ccc4c5ccncc5n(-c5cc(C(C)(C)C)ccn5)c4c3)c1)=C=[N+]2c1c(C(C)C)cccc1C(C)C. The molecule has 0 saturated heterocycles. The Morgan fingerprint density at radius 2 is 1.43 bits per heavy atom. The van der Waals surface area contributed by atoms with Crippen LogP contribution in [0.15, 0.2) is 122 Å². The van der Waals surface area contributed by atoms with Crippen LogP contribution >= 0.6 is 0 Å². The largest absolute Gasteiger partial charge is 0.503 e. The van der Waals surface area contributed by atoms with Gasteiger partial charge in [0.2, 0.25) is 11.4 Å². The lowest BCUT2D eigenvalue weighted by molar-refractivity contribution is 0.483. The first-order valence-corrected chi connectivity index (χ1v) is 17.5. The number of hydrogen-bond acceptors (Lipinski definition) is 3. The standard InChI is InChI=1S/C45H43N5O/c1-29(2)35-14-11-15-36(30(3)4)44(35)49-28-48(39-16-8-9-17-40(39)49)32-12-10-13-33(25-32)51-34-18-19-37-38-21-22-46-27-42(38)50(41(37)26-34)43-24-31(20-23-47-43)45(5,6)7/h8-27,29-30H,1-7H3/q+2/i8D,9D,16D,17D. The number of ether oxygens (including phenoxy) is 1. The van der Waals surface area contributed by atoms with E-state index in [0.29, 0.717) is 28.6 Å². The third-order valence-corrected chi connectivity index (χ3v) is 9.56. The average molecular weight is 674 g/mol. The van der Waals surface area contributed by atoms with Crippen LogP contribution in [0.3, 0.4) is 0 Å². The number of benzene rings is 4. The lowest BCUT2D eigenvalue weighted by atomic mass is 9.88. The fraction of sp³-hybridized carbons (Fsp3) is 0.222. The van der Waals surface area contributed by atoms with Gasteiger partial charge in [0.1, 0.15) is 17.3 Å². The topological polar surface area (TPSA) is 46.0 Å². The molecule has 0 spiro atoms. The first-order valence-electron chi connectivity index (χ1n) is 19.5. The summed E-state index contributed by atoms with van der Waals surface area (Å²) in [4.78, 5) is 9.24. The van der Waals surface area contributed by atoms with E-state index in [-0.39, 0.29) is 41.4 Å². The van der Waals surface area contributed by atoms with E-state index in [4.69, 9.17) is 15.2 Å². The molecule has 6 nitrogen and oxygen atoms in total. The molecular weight excluding hydrogens is 627 g/mol. The molecule has 3 aromatic heterocycles. The van der Waals surface area contributed by atoms with Crippen LogP contribution in [0.1, 0.15) is 82.5 Å². The van der Waals surface area contributed by atoms with Crippen LogP contribution in [0.4, 0.5) is 22.7 Å². The van der Waals surface area contributed by atoms with E-state index >= 15 is 0 Å². The van der Waals surface area contributed by atoms with Crippen molar-refractivity contribution in [1.82, 2.24) is 23.7 Å². The van der Waals surface area contributed by atoms with Crippen LogP contribution in [0.2, 0.25) is 0 Å². The van der Waals surface area contributed by atoms with Gasteiger partial charge in [0.25, 0.3) is 11.4 Å². The quantitative estimate of drug-likeness (QED) is 0.158. The second kappa shape index (κ2) is 12.5. The van der Waals surface area contributed by atoms with E-state index in [2.05, 4.69) is 100 Å². The van der Waals surface area contributed by atoms with E-state index in [1.54, 1.807) is 10.8 Å². The number of para-hydroxylation sites is 3. The van der Waals surface area contributed by atoms with Crippen LogP contribution in [0.5, 0.6) is 11.5 Å². The van der Waals surface area contributed by atoms with Gasteiger partial charge in [-0.2, -0.15) is 0 Å². The lowest BCUT2D eigenvalue weighted by Crippen LogP contribution is -2.12. The first-order chi connectivity index (χ1) is 26.2. The Bertz CT molecular complexity index is 2750. The highest BCUT2D eigenvalue weighted by Gasteiger charge is 2.39. The van der Waals surface area contributed by atoms with Gasteiger partial charge in [-0.3, -0.25) is 9.55 Å². The molecule has 0 radical (unpaired) electrons. The predicted molar refractivity (Wildman–Crippen MR) is 211 cm³/mol. The summed E-state index contributed by atoms with van der Waals surface area (Å²) in [6.45, 7) is 15.1. The van der Waals surface area contributed by atoms with E-state index in [1.807, 2.05) is 59.4 Å². The highest BCUT2D eigenvalue weighted by molar-refractivity contribution is 6.09. The van der Waals surface area contributed by atoms with Crippen molar-refractivity contribution in [3.8, 4) is 17.3 Å². The van der Waals surface area contributed by atoms with Gasteiger partial charge in [-0.05, 0) is 68.4 Å². The van der Waals surface area contributed by atoms with E-state index < -0.39 is 0 Å². The third-order valence-electron chi connectivity index (χ3n) is 9.56. The molecule has 0 N–H and O–H groups in total. The Morgan fingerprint density at radius 1 is 0.745 bits per heavy atom. The number of fused-ring (bicyclic) bond motifs is 4. The van der Waals surface area contributed by atoms with Crippen molar-refractivity contribution in [2.24, 2.45) is 0 Å². The summed E-state index contributed by atoms with van der Waals surface area (Å²) in [5.74, 6) is 2.30. The fourth-order valence-electron chi connectivity index (χ4n) is 6.93. The zero-order chi connectivity index (χ0) is 38.9. The minimum absolute atomic E-state index is 0.0566. The molecule has 8 rings (SSSR count). The first kappa shape index (κ1) is 27.9. The summed E-state index contributed by atoms with van der Waals surface area (Å²) < 4.78 is 47.7. The van der Waals surface area contributed by atoms with Crippen LogP contribution in [-0.4, -0.2) is 20.5 Å². The van der Waals surface area contributed by atoms with Gasteiger partial charge in [0.15, 0.2) is 0 Å². The minimum atomic E-state index is -0.299. The predicted octanol–water partition coefficient (Wildman–Crippen LogP) is 11.8. The van der Waals surface area contributed by atoms with Crippen molar-refractivity contribution in [3.63, 3.8) is 0 Å². The summed E-state index contributed by atoms with van der Waals surface area (Å²) >= 11 is 0. The molecule has 0 aliphatic carbocycles. The molecular formula is C45H43N5O+2. The molecule has 252 valence electrons. The second-order valence-corrected chi connectivity index (χ2v) is 14.7. The van der Waals surface area contributed by atoms with Gasteiger partial charge in [0, 0.05) is 58.5 Å². The molecule has 51 heavy (non-hydrogen) atoms. The normalized spacial score (nSPS) is 14.0. The molecule has 1 aliphatic heterocycles. The Kier molecular flexibility index (Phi) is 6.84. The maximum absolute atomic E-state index is 9.09. The molecule has 4 aromatic carbocycles. The van der Waals surface area contributed by atoms with Gasteiger partial charge in [-0.15, -0.1) is 0 Å². The molecule has 7 aromatic rings. The number of hydrogen-bond donors (Lipinski definition) is 0. The van der Waals surface area contributed by atoms with E-state index in [9.17, 15) is 0 Å². The van der Waals surface area contributed by atoms with E-state index in [0.717, 1.165) is 44.4 Å². The number of rotatable bonds is 7. The highest BCUT2D eigenvalue weighted by atomic mass is 16.5.